The van der Waals surface area contributed by atoms with Gasteiger partial charge in [-0.25, -0.2) is 4.68 Å². The molecule has 0 spiro atoms. The van der Waals surface area contributed by atoms with Crippen LogP contribution in [0.2, 0.25) is 0 Å². The van der Waals surface area contributed by atoms with Gasteiger partial charge in [0.05, 0.1) is 12.2 Å². The van der Waals surface area contributed by atoms with Crippen molar-refractivity contribution in [1.82, 2.24) is 30.0 Å². The van der Waals surface area contributed by atoms with E-state index in [0.29, 0.717) is 13.0 Å². The lowest BCUT2D eigenvalue weighted by Gasteiger charge is -1.93. The molecule has 1 N–H and O–H groups in total. The van der Waals surface area contributed by atoms with Crippen molar-refractivity contribution in [2.24, 2.45) is 7.05 Å². The summed E-state index contributed by atoms with van der Waals surface area (Å²) < 4.78 is 3.37. The zero-order valence-corrected chi connectivity index (χ0v) is 9.11. The Labute approximate surface area is 92.7 Å². The number of hydrogen-bond donors (Lipinski definition) is 1. The summed E-state index contributed by atoms with van der Waals surface area (Å²) in [5.74, 6) is 0. The van der Waals surface area contributed by atoms with Gasteiger partial charge >= 0.3 is 0 Å². The van der Waals surface area contributed by atoms with Crippen LogP contribution in [0.15, 0.2) is 12.4 Å². The Morgan fingerprint density at radius 1 is 1.19 bits per heavy atom. The third-order valence-corrected chi connectivity index (χ3v) is 2.15. The summed E-state index contributed by atoms with van der Waals surface area (Å²) in [7, 11) is 1.82. The Kier molecular flexibility index (Phi) is 3.25. The molecule has 2 heterocycles. The first kappa shape index (κ1) is 10.7. The molecule has 2 rings (SSSR count). The third-order valence-electron chi connectivity index (χ3n) is 2.15. The summed E-state index contributed by atoms with van der Waals surface area (Å²) in [6.07, 6.45) is 5.17. The minimum absolute atomic E-state index is 0.178. The highest BCUT2D eigenvalue weighted by Gasteiger charge is 2.03. The van der Waals surface area contributed by atoms with Crippen molar-refractivity contribution in [3.8, 4) is 0 Å². The van der Waals surface area contributed by atoms with Crippen LogP contribution in [0.25, 0.3) is 0 Å². The molecule has 2 aromatic rings. The van der Waals surface area contributed by atoms with Crippen LogP contribution >= 0.6 is 0 Å². The van der Waals surface area contributed by atoms with Crippen LogP contribution in [-0.4, -0.2) is 41.7 Å². The lowest BCUT2D eigenvalue weighted by Crippen LogP contribution is -2.00. The number of aliphatic hydroxyl groups excluding tert-OH is 1. The molecule has 0 fully saturated rings. The Bertz CT molecular complexity index is 448. The molecule has 7 heteroatoms. The van der Waals surface area contributed by atoms with E-state index < -0.39 is 0 Å². The highest BCUT2D eigenvalue weighted by molar-refractivity contribution is 4.97. The number of aromatic nitrogens is 6. The molecular weight excluding hydrogens is 208 g/mol. The van der Waals surface area contributed by atoms with Crippen molar-refractivity contribution < 1.29 is 5.11 Å². The van der Waals surface area contributed by atoms with Crippen LogP contribution in [0.3, 0.4) is 0 Å². The first-order valence-corrected chi connectivity index (χ1v) is 5.13. The van der Waals surface area contributed by atoms with Crippen LogP contribution in [0.4, 0.5) is 0 Å². The smallest absolute Gasteiger partial charge is 0.104 e. The van der Waals surface area contributed by atoms with Crippen molar-refractivity contribution in [2.75, 3.05) is 6.61 Å². The SMILES string of the molecule is Cn1cc(Cn2cc(CCCO)nn2)nn1. The van der Waals surface area contributed by atoms with Gasteiger partial charge in [-0.1, -0.05) is 10.4 Å². The molecule has 0 amide bonds. The van der Waals surface area contributed by atoms with E-state index in [1.807, 2.05) is 19.4 Å². The summed E-state index contributed by atoms with van der Waals surface area (Å²) in [6, 6.07) is 0. The van der Waals surface area contributed by atoms with Gasteiger partial charge in [-0.15, -0.1) is 10.2 Å². The van der Waals surface area contributed by atoms with Crippen molar-refractivity contribution in [1.29, 1.82) is 0 Å². The molecule has 7 nitrogen and oxygen atoms in total. The Balaban J connectivity index is 1.97. The molecular formula is C9H14N6O. The van der Waals surface area contributed by atoms with E-state index >= 15 is 0 Å². The summed E-state index contributed by atoms with van der Waals surface area (Å²) in [4.78, 5) is 0. The van der Waals surface area contributed by atoms with Gasteiger partial charge in [0.25, 0.3) is 0 Å². The fourth-order valence-corrected chi connectivity index (χ4v) is 1.42. The predicted molar refractivity (Wildman–Crippen MR) is 55.5 cm³/mol. The highest BCUT2D eigenvalue weighted by atomic mass is 16.2. The van der Waals surface area contributed by atoms with Crippen molar-refractivity contribution in [3.05, 3.63) is 23.8 Å². The maximum atomic E-state index is 8.70. The molecule has 0 aliphatic carbocycles. The second kappa shape index (κ2) is 4.84. The second-order valence-corrected chi connectivity index (χ2v) is 3.62. The second-order valence-electron chi connectivity index (χ2n) is 3.62. The van der Waals surface area contributed by atoms with Crippen molar-refractivity contribution in [3.63, 3.8) is 0 Å². The number of nitrogens with zero attached hydrogens (tertiary/aromatic N) is 6. The van der Waals surface area contributed by atoms with Gasteiger partial charge in [0.15, 0.2) is 0 Å². The molecule has 2 aromatic heterocycles. The molecule has 16 heavy (non-hydrogen) atoms. The van der Waals surface area contributed by atoms with E-state index in [4.69, 9.17) is 5.11 Å². The average Bonchev–Trinajstić information content (AvgIpc) is 2.86. The number of rotatable bonds is 5. The van der Waals surface area contributed by atoms with Gasteiger partial charge in [0.2, 0.25) is 0 Å². The van der Waals surface area contributed by atoms with Crippen molar-refractivity contribution in [2.45, 2.75) is 19.4 Å². The first-order chi connectivity index (χ1) is 7.78. The number of aliphatic hydroxyl groups is 1. The van der Waals surface area contributed by atoms with E-state index in [0.717, 1.165) is 17.8 Å². The first-order valence-electron chi connectivity index (χ1n) is 5.13. The predicted octanol–water partition coefficient (Wildman–Crippen LogP) is -0.620. The van der Waals surface area contributed by atoms with Crippen LogP contribution in [0.5, 0.6) is 0 Å². The molecule has 0 aromatic carbocycles. The molecule has 0 saturated heterocycles. The van der Waals surface area contributed by atoms with Gasteiger partial charge in [0, 0.05) is 26.0 Å². The van der Waals surface area contributed by atoms with Gasteiger partial charge in [-0.3, -0.25) is 4.68 Å². The molecule has 0 aliphatic heterocycles. The van der Waals surface area contributed by atoms with Gasteiger partial charge < -0.3 is 5.11 Å². The molecule has 0 atom stereocenters. The zero-order valence-electron chi connectivity index (χ0n) is 9.11. The largest absolute Gasteiger partial charge is 0.396 e. The third kappa shape index (κ3) is 2.63. The van der Waals surface area contributed by atoms with Crippen LogP contribution in [0, 0.1) is 0 Å². The summed E-state index contributed by atoms with van der Waals surface area (Å²) in [5.41, 5.74) is 1.74. The molecule has 0 bridgehead atoms. The van der Waals surface area contributed by atoms with E-state index in [1.54, 1.807) is 9.36 Å². The molecule has 0 unspecified atom stereocenters. The number of hydrogen-bond acceptors (Lipinski definition) is 5. The van der Waals surface area contributed by atoms with E-state index in [-0.39, 0.29) is 6.61 Å². The quantitative estimate of drug-likeness (QED) is 0.729. The maximum absolute atomic E-state index is 8.70. The monoisotopic (exact) mass is 222 g/mol. The normalized spacial score (nSPS) is 10.9. The van der Waals surface area contributed by atoms with Crippen molar-refractivity contribution >= 4 is 0 Å². The average molecular weight is 222 g/mol. The summed E-state index contributed by atoms with van der Waals surface area (Å²) in [5, 5.41) is 24.5. The van der Waals surface area contributed by atoms with Gasteiger partial charge in [-0.2, -0.15) is 0 Å². The lowest BCUT2D eigenvalue weighted by molar-refractivity contribution is 0.288. The minimum Gasteiger partial charge on any atom is -0.396 e. The zero-order chi connectivity index (χ0) is 11.4. The summed E-state index contributed by atoms with van der Waals surface area (Å²) in [6.45, 7) is 0.747. The minimum atomic E-state index is 0.178. The Hall–Kier alpha value is -1.76. The molecule has 0 saturated carbocycles. The fraction of sp³-hybridized carbons (Fsp3) is 0.556. The standard InChI is InChI=1S/C9H14N6O/c1-14-5-9(11-12-14)7-15-6-8(10-13-15)3-2-4-16/h5-6,16H,2-4,7H2,1H3. The van der Waals surface area contributed by atoms with Crippen LogP contribution in [0.1, 0.15) is 17.8 Å². The maximum Gasteiger partial charge on any atom is 0.104 e. The van der Waals surface area contributed by atoms with E-state index in [1.165, 1.54) is 0 Å². The van der Waals surface area contributed by atoms with Gasteiger partial charge in [0.1, 0.15) is 5.69 Å². The molecule has 86 valence electrons. The van der Waals surface area contributed by atoms with Gasteiger partial charge in [-0.05, 0) is 12.8 Å². The molecule has 0 aliphatic rings. The highest BCUT2D eigenvalue weighted by Crippen LogP contribution is 2.00. The van der Waals surface area contributed by atoms with Crippen LogP contribution in [-0.2, 0) is 20.0 Å². The number of aryl methyl sites for hydroxylation is 2. The Morgan fingerprint density at radius 2 is 2.00 bits per heavy atom. The Morgan fingerprint density at radius 3 is 2.69 bits per heavy atom. The summed E-state index contributed by atoms with van der Waals surface area (Å²) >= 11 is 0. The van der Waals surface area contributed by atoms with E-state index in [9.17, 15) is 0 Å². The van der Waals surface area contributed by atoms with Crippen LogP contribution < -0.4 is 0 Å². The van der Waals surface area contributed by atoms with E-state index in [2.05, 4.69) is 20.6 Å². The lowest BCUT2D eigenvalue weighted by atomic mass is 10.3. The fourth-order valence-electron chi connectivity index (χ4n) is 1.42. The molecule has 0 radical (unpaired) electrons. The topological polar surface area (TPSA) is 81.7 Å².